The predicted molar refractivity (Wildman–Crippen MR) is 185 cm³/mol. The van der Waals surface area contributed by atoms with Gasteiger partial charge in [0.25, 0.3) is 0 Å². The second kappa shape index (κ2) is 12.0. The minimum Gasteiger partial charge on any atom is -0.345 e. The summed E-state index contributed by atoms with van der Waals surface area (Å²) in [6.45, 7) is 0. The minimum absolute atomic E-state index is 0.209. The molecule has 0 N–H and O–H groups in total. The normalized spacial score (nSPS) is 16.1. The van der Waals surface area contributed by atoms with Gasteiger partial charge in [-0.15, -0.1) is 0 Å². The van der Waals surface area contributed by atoms with Crippen molar-refractivity contribution >= 4 is 33.5 Å². The Morgan fingerprint density at radius 3 is 1.95 bits per heavy atom. The number of anilines is 4. The molecule has 0 amide bonds. The fourth-order valence-corrected chi connectivity index (χ4v) is 6.29. The number of hydrogen-bond acceptors (Lipinski definition) is 2. The number of para-hydroxylation sites is 1. The summed E-state index contributed by atoms with van der Waals surface area (Å²) in [4.78, 5) is 4.75. The fraction of sp³-hybridized carbons (Fsp3) is 0.122. The molecule has 0 saturated carbocycles. The minimum atomic E-state index is 0.209. The molecule has 5 aromatic carbocycles. The lowest BCUT2D eigenvalue weighted by Crippen LogP contribution is -2.30. The van der Waals surface area contributed by atoms with E-state index in [0.717, 1.165) is 19.3 Å². The van der Waals surface area contributed by atoms with E-state index in [1.807, 2.05) is 0 Å². The number of nitrogens with zero attached hydrogens (tertiary/aromatic N) is 2. The topological polar surface area (TPSA) is 6.48 Å². The first-order chi connectivity index (χ1) is 21.2. The molecule has 0 aliphatic heterocycles. The molecule has 1 atom stereocenters. The first kappa shape index (κ1) is 26.8. The van der Waals surface area contributed by atoms with Crippen molar-refractivity contribution in [3.05, 3.63) is 169 Å². The van der Waals surface area contributed by atoms with Crippen molar-refractivity contribution in [1.82, 2.24) is 0 Å². The number of rotatable bonds is 7. The van der Waals surface area contributed by atoms with Crippen LogP contribution in [-0.2, 0) is 0 Å². The van der Waals surface area contributed by atoms with E-state index in [9.17, 15) is 0 Å². The molecule has 0 bridgehead atoms. The van der Waals surface area contributed by atoms with Gasteiger partial charge in [0.05, 0.1) is 6.04 Å². The van der Waals surface area contributed by atoms with Crippen LogP contribution in [-0.4, -0.2) is 13.1 Å². The van der Waals surface area contributed by atoms with Gasteiger partial charge in [0.15, 0.2) is 0 Å². The van der Waals surface area contributed by atoms with E-state index in [1.54, 1.807) is 0 Å². The highest BCUT2D eigenvalue weighted by molar-refractivity contribution is 5.96. The van der Waals surface area contributed by atoms with Crippen LogP contribution in [0.2, 0.25) is 0 Å². The molecule has 1 unspecified atom stereocenters. The smallest absolute Gasteiger partial charge is 0.0566 e. The summed E-state index contributed by atoms with van der Waals surface area (Å²) in [7, 11) is 2.11. The lowest BCUT2D eigenvalue weighted by Gasteiger charge is -2.34. The number of allylic oxidation sites excluding steroid dienone is 6. The standard InChI is InChI=1S/C41H36N2/c1-42(36-17-6-3-7-18-36)37-26-22-32(23-27-37)33-24-28-38(29-25-33)43(41-21-11-15-34-14-8-9-20-40(34)41)39-19-10-16-35(30-39)31-12-4-2-5-13-31/h3-4,6-18,20-30,39H,2,5,19H2,1H3. The zero-order valence-electron chi connectivity index (χ0n) is 24.6. The summed E-state index contributed by atoms with van der Waals surface area (Å²) in [5.74, 6) is 0. The summed E-state index contributed by atoms with van der Waals surface area (Å²) in [6, 6.07) is 44.0. The van der Waals surface area contributed by atoms with Gasteiger partial charge in [0, 0.05) is 35.2 Å². The van der Waals surface area contributed by atoms with Gasteiger partial charge in [-0.2, -0.15) is 0 Å². The highest BCUT2D eigenvalue weighted by atomic mass is 15.2. The quantitative estimate of drug-likeness (QED) is 0.197. The van der Waals surface area contributed by atoms with Crippen LogP contribution in [0.1, 0.15) is 19.3 Å². The van der Waals surface area contributed by atoms with Gasteiger partial charge >= 0.3 is 0 Å². The molecule has 210 valence electrons. The lowest BCUT2D eigenvalue weighted by molar-refractivity contribution is 0.781. The molecule has 2 nitrogen and oxygen atoms in total. The maximum Gasteiger partial charge on any atom is 0.0566 e. The van der Waals surface area contributed by atoms with Crippen molar-refractivity contribution in [2.75, 3.05) is 16.8 Å². The van der Waals surface area contributed by atoms with Crippen molar-refractivity contribution in [1.29, 1.82) is 0 Å². The Morgan fingerprint density at radius 2 is 1.21 bits per heavy atom. The molecule has 0 heterocycles. The van der Waals surface area contributed by atoms with Crippen molar-refractivity contribution in [2.24, 2.45) is 0 Å². The first-order valence-corrected chi connectivity index (χ1v) is 15.3. The van der Waals surface area contributed by atoms with E-state index in [-0.39, 0.29) is 6.04 Å². The van der Waals surface area contributed by atoms with Gasteiger partial charge in [-0.25, -0.2) is 0 Å². The Balaban J connectivity index is 1.23. The van der Waals surface area contributed by atoms with Crippen molar-refractivity contribution < 1.29 is 0 Å². The van der Waals surface area contributed by atoms with E-state index >= 15 is 0 Å². The third-order valence-electron chi connectivity index (χ3n) is 8.61. The average molecular weight is 557 g/mol. The monoisotopic (exact) mass is 556 g/mol. The first-order valence-electron chi connectivity index (χ1n) is 15.3. The van der Waals surface area contributed by atoms with Crippen LogP contribution >= 0.6 is 0 Å². The molecule has 2 aliphatic rings. The van der Waals surface area contributed by atoms with Gasteiger partial charge in [-0.05, 0) is 89.4 Å². The highest BCUT2D eigenvalue weighted by Crippen LogP contribution is 2.38. The van der Waals surface area contributed by atoms with Crippen LogP contribution in [0.5, 0.6) is 0 Å². The Bertz CT molecular complexity index is 1840. The van der Waals surface area contributed by atoms with Crippen molar-refractivity contribution in [3.8, 4) is 11.1 Å². The molecule has 2 aliphatic carbocycles. The summed E-state index contributed by atoms with van der Waals surface area (Å²) in [5.41, 5.74) is 9.87. The van der Waals surface area contributed by atoms with Crippen LogP contribution in [0.25, 0.3) is 21.9 Å². The van der Waals surface area contributed by atoms with Crippen LogP contribution in [0.3, 0.4) is 0 Å². The fourth-order valence-electron chi connectivity index (χ4n) is 6.29. The molecule has 0 saturated heterocycles. The highest BCUT2D eigenvalue weighted by Gasteiger charge is 2.23. The van der Waals surface area contributed by atoms with Gasteiger partial charge in [0.1, 0.15) is 0 Å². The van der Waals surface area contributed by atoms with Crippen LogP contribution < -0.4 is 9.80 Å². The van der Waals surface area contributed by atoms with Gasteiger partial charge < -0.3 is 9.80 Å². The molecule has 2 heteroatoms. The lowest BCUT2D eigenvalue weighted by atomic mass is 9.92. The third-order valence-corrected chi connectivity index (χ3v) is 8.61. The molecule has 43 heavy (non-hydrogen) atoms. The maximum absolute atomic E-state index is 2.53. The van der Waals surface area contributed by atoms with Crippen LogP contribution in [0.4, 0.5) is 22.7 Å². The second-order valence-corrected chi connectivity index (χ2v) is 11.3. The molecule has 0 aromatic heterocycles. The second-order valence-electron chi connectivity index (χ2n) is 11.3. The summed E-state index contributed by atoms with van der Waals surface area (Å²) < 4.78 is 0. The third kappa shape index (κ3) is 5.57. The van der Waals surface area contributed by atoms with E-state index in [4.69, 9.17) is 0 Å². The van der Waals surface area contributed by atoms with Crippen LogP contribution in [0, 0.1) is 0 Å². The van der Waals surface area contributed by atoms with E-state index in [1.165, 1.54) is 55.8 Å². The van der Waals surface area contributed by atoms with Crippen molar-refractivity contribution in [2.45, 2.75) is 25.3 Å². The Morgan fingerprint density at radius 1 is 0.558 bits per heavy atom. The molecule has 0 spiro atoms. The number of hydrogen-bond donors (Lipinski definition) is 0. The maximum atomic E-state index is 2.53. The van der Waals surface area contributed by atoms with Crippen LogP contribution in [0.15, 0.2) is 169 Å². The SMILES string of the molecule is CN(c1ccccc1)c1ccc(-c2ccc(N(c3cccc4ccccc34)C3C=C(C4=CCCC=C4)C=CC3)cc2)cc1. The molecule has 5 aromatic rings. The van der Waals surface area contributed by atoms with Crippen molar-refractivity contribution in [3.63, 3.8) is 0 Å². The molecule has 7 rings (SSSR count). The van der Waals surface area contributed by atoms with E-state index in [0.29, 0.717) is 0 Å². The molecule has 0 radical (unpaired) electrons. The Labute approximate surface area is 255 Å². The summed E-state index contributed by atoms with van der Waals surface area (Å²) in [5, 5.41) is 2.53. The van der Waals surface area contributed by atoms with Gasteiger partial charge in [0.2, 0.25) is 0 Å². The largest absolute Gasteiger partial charge is 0.345 e. The van der Waals surface area contributed by atoms with Gasteiger partial charge in [-0.3, -0.25) is 0 Å². The molecular weight excluding hydrogens is 520 g/mol. The summed E-state index contributed by atoms with van der Waals surface area (Å²) >= 11 is 0. The number of benzene rings is 5. The average Bonchev–Trinajstić information content (AvgIpc) is 3.09. The predicted octanol–water partition coefficient (Wildman–Crippen LogP) is 10.9. The Hall–Kier alpha value is -5.08. The van der Waals surface area contributed by atoms with E-state index in [2.05, 4.69) is 175 Å². The van der Waals surface area contributed by atoms with E-state index < -0.39 is 0 Å². The summed E-state index contributed by atoms with van der Waals surface area (Å²) in [6.07, 6.45) is 17.2. The van der Waals surface area contributed by atoms with Gasteiger partial charge in [-0.1, -0.05) is 115 Å². The zero-order chi connectivity index (χ0) is 29.0. The number of fused-ring (bicyclic) bond motifs is 1. The molecular formula is C41H36N2. The zero-order valence-corrected chi connectivity index (χ0v) is 24.6. The molecule has 0 fully saturated rings. The Kier molecular flexibility index (Phi) is 7.50.